The fourth-order valence-electron chi connectivity index (χ4n) is 4.13. The minimum atomic E-state index is -4.26. The van der Waals surface area contributed by atoms with Gasteiger partial charge >= 0.3 is 0 Å². The molecule has 0 aliphatic carbocycles. The smallest absolute Gasteiger partial charge is 0.264 e. The number of benzene rings is 3. The Bertz CT molecular complexity index is 1330. The van der Waals surface area contributed by atoms with Crippen molar-refractivity contribution in [1.29, 1.82) is 0 Å². The Labute approximate surface area is 229 Å². The molecule has 0 saturated carbocycles. The number of nitrogens with zero attached hydrogens (tertiary/aromatic N) is 2. The molecule has 208 valence electrons. The van der Waals surface area contributed by atoms with Crippen molar-refractivity contribution in [3.63, 3.8) is 0 Å². The largest absolute Gasteiger partial charge is 0.494 e. The van der Waals surface area contributed by atoms with Crippen molar-refractivity contribution in [3.05, 3.63) is 90.2 Å². The fraction of sp³-hybridized carbons (Fsp3) is 0.310. The highest BCUT2D eigenvalue weighted by atomic mass is 32.2. The van der Waals surface area contributed by atoms with Gasteiger partial charge in [-0.2, -0.15) is 0 Å². The van der Waals surface area contributed by atoms with Crippen molar-refractivity contribution in [2.75, 3.05) is 24.0 Å². The molecule has 10 heteroatoms. The lowest BCUT2D eigenvalue weighted by Crippen LogP contribution is -2.52. The highest BCUT2D eigenvalue weighted by Gasteiger charge is 2.33. The van der Waals surface area contributed by atoms with E-state index in [4.69, 9.17) is 4.74 Å². The third-order valence-electron chi connectivity index (χ3n) is 6.05. The van der Waals surface area contributed by atoms with Crippen LogP contribution in [0.15, 0.2) is 83.8 Å². The predicted octanol–water partition coefficient (Wildman–Crippen LogP) is 4.36. The second-order valence-electron chi connectivity index (χ2n) is 8.72. The molecule has 3 aromatic rings. The van der Waals surface area contributed by atoms with Gasteiger partial charge in [0.05, 0.1) is 17.2 Å². The number of carbonyl (C=O) groups excluding carboxylic acids is 2. The van der Waals surface area contributed by atoms with E-state index in [1.807, 2.05) is 37.3 Å². The van der Waals surface area contributed by atoms with Crippen molar-refractivity contribution in [3.8, 4) is 5.75 Å². The number of anilines is 1. The fourth-order valence-corrected chi connectivity index (χ4v) is 5.54. The average Bonchev–Trinajstić information content (AvgIpc) is 2.93. The number of sulfonamides is 1. The van der Waals surface area contributed by atoms with Crippen LogP contribution in [0.2, 0.25) is 0 Å². The molecule has 0 saturated heterocycles. The van der Waals surface area contributed by atoms with Gasteiger partial charge in [0.25, 0.3) is 10.0 Å². The number of ether oxygens (including phenoxy) is 1. The first-order valence-corrected chi connectivity index (χ1v) is 14.3. The highest BCUT2D eigenvalue weighted by molar-refractivity contribution is 7.92. The quantitative estimate of drug-likeness (QED) is 0.338. The number of halogens is 1. The van der Waals surface area contributed by atoms with Crippen molar-refractivity contribution < 1.29 is 27.1 Å². The lowest BCUT2D eigenvalue weighted by molar-refractivity contribution is -0.140. The third kappa shape index (κ3) is 7.57. The Morgan fingerprint density at radius 3 is 2.13 bits per heavy atom. The maximum absolute atomic E-state index is 13.9. The Hall–Kier alpha value is -3.92. The van der Waals surface area contributed by atoms with Gasteiger partial charge in [-0.05, 0) is 74.4 Å². The predicted molar refractivity (Wildman–Crippen MR) is 148 cm³/mol. The molecule has 0 bridgehead atoms. The number of nitrogens with one attached hydrogen (secondary N) is 1. The summed E-state index contributed by atoms with van der Waals surface area (Å²) in [5, 5.41) is 2.76. The maximum Gasteiger partial charge on any atom is 0.264 e. The first kappa shape index (κ1) is 29.6. The van der Waals surface area contributed by atoms with Crippen LogP contribution < -0.4 is 14.4 Å². The summed E-state index contributed by atoms with van der Waals surface area (Å²) in [5.41, 5.74) is 0.903. The molecule has 39 heavy (non-hydrogen) atoms. The summed E-state index contributed by atoms with van der Waals surface area (Å²) < 4.78 is 47.7. The van der Waals surface area contributed by atoms with Crippen molar-refractivity contribution in [1.82, 2.24) is 10.2 Å². The zero-order chi connectivity index (χ0) is 28.4. The molecule has 3 aromatic carbocycles. The first-order chi connectivity index (χ1) is 18.7. The van der Waals surface area contributed by atoms with Crippen LogP contribution in [0.25, 0.3) is 0 Å². The first-order valence-electron chi connectivity index (χ1n) is 12.8. The molecule has 3 rings (SSSR count). The number of hydrogen-bond donors (Lipinski definition) is 1. The van der Waals surface area contributed by atoms with Gasteiger partial charge in [-0.25, -0.2) is 12.8 Å². The van der Waals surface area contributed by atoms with Crippen LogP contribution in [0.1, 0.15) is 32.8 Å². The van der Waals surface area contributed by atoms with Crippen LogP contribution >= 0.6 is 0 Å². The van der Waals surface area contributed by atoms with E-state index in [2.05, 4.69) is 5.32 Å². The normalized spacial score (nSPS) is 11.9. The van der Waals surface area contributed by atoms with E-state index in [0.29, 0.717) is 25.3 Å². The molecular weight excluding hydrogens is 521 g/mol. The molecule has 0 aliphatic rings. The second-order valence-corrected chi connectivity index (χ2v) is 10.6. The molecular formula is C29H34FN3O5S. The molecule has 2 amide bonds. The average molecular weight is 556 g/mol. The number of rotatable bonds is 13. The summed E-state index contributed by atoms with van der Waals surface area (Å²) in [7, 11) is -4.26. The third-order valence-corrected chi connectivity index (χ3v) is 7.84. The zero-order valence-electron chi connectivity index (χ0n) is 22.3. The molecule has 0 spiro atoms. The number of carbonyl (C=O) groups is 2. The molecule has 0 radical (unpaired) electrons. The van der Waals surface area contributed by atoms with Gasteiger partial charge in [0.1, 0.15) is 24.2 Å². The minimum absolute atomic E-state index is 0.0616. The minimum Gasteiger partial charge on any atom is -0.494 e. The summed E-state index contributed by atoms with van der Waals surface area (Å²) >= 11 is 0. The van der Waals surface area contributed by atoms with E-state index in [-0.39, 0.29) is 23.0 Å². The van der Waals surface area contributed by atoms with E-state index in [0.717, 1.165) is 22.0 Å². The van der Waals surface area contributed by atoms with Crippen molar-refractivity contribution >= 4 is 27.5 Å². The number of amides is 2. The molecule has 0 fully saturated rings. The molecule has 1 N–H and O–H groups in total. The van der Waals surface area contributed by atoms with Gasteiger partial charge in [0.2, 0.25) is 11.8 Å². The Morgan fingerprint density at radius 2 is 1.56 bits per heavy atom. The summed E-state index contributed by atoms with van der Waals surface area (Å²) in [6.07, 6.45) is 0.326. The van der Waals surface area contributed by atoms with Crippen LogP contribution in [0, 0.1) is 5.82 Å². The highest BCUT2D eigenvalue weighted by Crippen LogP contribution is 2.26. The van der Waals surface area contributed by atoms with E-state index in [1.54, 1.807) is 13.8 Å². The van der Waals surface area contributed by atoms with Crippen LogP contribution in [0.3, 0.4) is 0 Å². The summed E-state index contributed by atoms with van der Waals surface area (Å²) in [6, 6.07) is 19.1. The molecule has 1 unspecified atom stereocenters. The number of likely N-dealkylation sites (N-methyl/N-ethyl adjacent to an activating group) is 1. The van der Waals surface area contributed by atoms with Gasteiger partial charge in [0, 0.05) is 13.1 Å². The summed E-state index contributed by atoms with van der Waals surface area (Å²) in [5.74, 6) is -0.943. The lowest BCUT2D eigenvalue weighted by Gasteiger charge is -2.33. The van der Waals surface area contributed by atoms with Gasteiger partial charge in [-0.15, -0.1) is 0 Å². The Morgan fingerprint density at radius 1 is 0.923 bits per heavy atom. The van der Waals surface area contributed by atoms with E-state index >= 15 is 0 Å². The molecule has 0 heterocycles. The maximum atomic E-state index is 13.9. The topological polar surface area (TPSA) is 96.0 Å². The summed E-state index contributed by atoms with van der Waals surface area (Å²) in [4.78, 5) is 28.1. The van der Waals surface area contributed by atoms with Gasteiger partial charge in [0.15, 0.2) is 0 Å². The molecule has 0 aromatic heterocycles. The van der Waals surface area contributed by atoms with Gasteiger partial charge in [-0.1, -0.05) is 37.3 Å². The van der Waals surface area contributed by atoms with Crippen LogP contribution in [0.5, 0.6) is 5.75 Å². The summed E-state index contributed by atoms with van der Waals surface area (Å²) in [6.45, 7) is 5.71. The number of hydrogen-bond acceptors (Lipinski definition) is 5. The molecule has 0 aliphatic heterocycles. The van der Waals surface area contributed by atoms with Gasteiger partial charge < -0.3 is 15.0 Å². The standard InChI is InChI=1S/C29H34FN3O5S/c1-4-27(29(35)31-5-2)32(20-22-10-8-7-9-11-22)28(34)21-33(24-14-12-23(30)13-15-24)39(36,37)26-18-16-25(17-19-26)38-6-3/h7-19,27H,4-6,20-21H2,1-3H3,(H,31,35). The van der Waals surface area contributed by atoms with Crippen LogP contribution in [-0.2, 0) is 26.2 Å². The van der Waals surface area contributed by atoms with Crippen LogP contribution in [0.4, 0.5) is 10.1 Å². The zero-order valence-corrected chi connectivity index (χ0v) is 23.2. The van der Waals surface area contributed by atoms with E-state index in [9.17, 15) is 22.4 Å². The monoisotopic (exact) mass is 555 g/mol. The van der Waals surface area contributed by atoms with Crippen molar-refractivity contribution in [2.45, 2.75) is 44.7 Å². The Balaban J connectivity index is 2.03. The molecule has 8 nitrogen and oxygen atoms in total. The van der Waals surface area contributed by atoms with Gasteiger partial charge in [-0.3, -0.25) is 13.9 Å². The molecule has 1 atom stereocenters. The SMILES string of the molecule is CCNC(=O)C(CC)N(Cc1ccccc1)C(=O)CN(c1ccc(F)cc1)S(=O)(=O)c1ccc(OCC)cc1. The van der Waals surface area contributed by atoms with Crippen LogP contribution in [-0.4, -0.2) is 50.9 Å². The van der Waals surface area contributed by atoms with Crippen molar-refractivity contribution in [2.24, 2.45) is 0 Å². The van der Waals surface area contributed by atoms with E-state index < -0.39 is 34.3 Å². The lowest BCUT2D eigenvalue weighted by atomic mass is 10.1. The van der Waals surface area contributed by atoms with E-state index in [1.165, 1.54) is 41.3 Å². The Kier molecular flexibility index (Phi) is 10.4. The second kappa shape index (κ2) is 13.7.